The lowest BCUT2D eigenvalue weighted by atomic mass is 10.2. The van der Waals surface area contributed by atoms with Crippen molar-refractivity contribution < 1.29 is 18.7 Å². The van der Waals surface area contributed by atoms with Crippen molar-refractivity contribution in [3.63, 3.8) is 0 Å². The summed E-state index contributed by atoms with van der Waals surface area (Å²) in [5.74, 6) is 11.9. The van der Waals surface area contributed by atoms with Gasteiger partial charge in [0.1, 0.15) is 23.0 Å². The number of halogens is 1. The van der Waals surface area contributed by atoms with Crippen LogP contribution >= 0.6 is 0 Å². The van der Waals surface area contributed by atoms with Crippen molar-refractivity contribution in [1.29, 1.82) is 0 Å². The summed E-state index contributed by atoms with van der Waals surface area (Å²) in [7, 11) is 5.03. The second-order valence-corrected chi connectivity index (χ2v) is 9.23. The van der Waals surface area contributed by atoms with Gasteiger partial charge in [0.25, 0.3) is 11.8 Å². The molecule has 0 radical (unpaired) electrons. The van der Waals surface area contributed by atoms with E-state index in [1.165, 1.54) is 23.1 Å². The van der Waals surface area contributed by atoms with E-state index >= 15 is 0 Å². The van der Waals surface area contributed by atoms with Crippen LogP contribution in [0.5, 0.6) is 5.75 Å². The number of ether oxygens (including phenoxy) is 1. The third-order valence-electron chi connectivity index (χ3n) is 5.99. The van der Waals surface area contributed by atoms with Gasteiger partial charge >= 0.3 is 0 Å². The Balaban J connectivity index is 0.000000236. The number of carbonyl (C=O) groups is 2. The molecule has 2 heterocycles. The molecule has 218 valence electrons. The third-order valence-corrected chi connectivity index (χ3v) is 5.99. The fourth-order valence-corrected chi connectivity index (χ4v) is 3.65. The van der Waals surface area contributed by atoms with Gasteiger partial charge in [0.2, 0.25) is 0 Å². The molecule has 4 aromatic rings. The Morgan fingerprint density at radius 2 is 1.23 bits per heavy atom. The highest BCUT2D eigenvalue weighted by Crippen LogP contribution is 2.14. The van der Waals surface area contributed by atoms with Gasteiger partial charge in [-0.1, -0.05) is 36.1 Å². The van der Waals surface area contributed by atoms with Crippen molar-refractivity contribution in [2.45, 2.75) is 12.8 Å². The topological polar surface area (TPSA) is 75.6 Å². The zero-order chi connectivity index (χ0) is 30.9. The minimum atomic E-state index is -0.413. The van der Waals surface area contributed by atoms with Crippen molar-refractivity contribution in [2.24, 2.45) is 0 Å². The van der Waals surface area contributed by atoms with Crippen LogP contribution in [-0.4, -0.2) is 65.9 Å². The van der Waals surface area contributed by atoms with Gasteiger partial charge in [0, 0.05) is 63.5 Å². The molecule has 0 N–H and O–H groups in total. The number of pyridine rings is 2. The molecule has 2 aromatic carbocycles. The predicted molar refractivity (Wildman–Crippen MR) is 165 cm³/mol. The summed E-state index contributed by atoms with van der Waals surface area (Å²) in [5, 5.41) is 0. The minimum Gasteiger partial charge on any atom is -0.497 e. The lowest BCUT2D eigenvalue weighted by Gasteiger charge is -2.16. The van der Waals surface area contributed by atoms with Gasteiger partial charge in [0.15, 0.2) is 0 Å². The molecule has 0 aliphatic rings. The highest BCUT2D eigenvalue weighted by molar-refractivity contribution is 5.94. The van der Waals surface area contributed by atoms with Crippen LogP contribution in [0.2, 0.25) is 0 Å². The Hall–Kier alpha value is -5.47. The van der Waals surface area contributed by atoms with Gasteiger partial charge in [-0.25, -0.2) is 14.4 Å². The standard InChI is InChI=1S/C18H18N2O2.C17H15FN2O/c1-20(13-6-4-10-16-9-3-5-12-19-16)18(21)15-8-7-11-17(14-15)22-2;1-20(17(21)14-7-6-8-15(18)13-14)12-5-3-10-16-9-2-4-11-19-16/h3,5,7-9,11-12,14H,6,13H2,1-2H3;2,4,6-9,11,13H,5,12H2,1H3. The average Bonchev–Trinajstić information content (AvgIpc) is 3.05. The molecule has 0 saturated heterocycles. The molecule has 0 bridgehead atoms. The van der Waals surface area contributed by atoms with Crippen LogP contribution in [0.4, 0.5) is 4.39 Å². The fourth-order valence-electron chi connectivity index (χ4n) is 3.65. The largest absolute Gasteiger partial charge is 0.497 e. The molecular weight excluding hydrogens is 543 g/mol. The quantitative estimate of drug-likeness (QED) is 0.278. The van der Waals surface area contributed by atoms with E-state index in [0.29, 0.717) is 48.5 Å². The maximum absolute atomic E-state index is 13.1. The Morgan fingerprint density at radius 3 is 1.70 bits per heavy atom. The first kappa shape index (κ1) is 32.0. The maximum atomic E-state index is 13.1. The average molecular weight is 577 g/mol. The van der Waals surface area contributed by atoms with Crippen LogP contribution in [-0.2, 0) is 0 Å². The van der Waals surface area contributed by atoms with E-state index in [4.69, 9.17) is 4.74 Å². The fraction of sp³-hybridized carbons (Fsp3) is 0.200. The van der Waals surface area contributed by atoms with Gasteiger partial charge < -0.3 is 14.5 Å². The second-order valence-electron chi connectivity index (χ2n) is 9.23. The van der Waals surface area contributed by atoms with E-state index in [9.17, 15) is 14.0 Å². The predicted octanol–water partition coefficient (Wildman–Crippen LogP) is 5.34. The second kappa shape index (κ2) is 17.4. The van der Waals surface area contributed by atoms with Crippen LogP contribution in [0.3, 0.4) is 0 Å². The van der Waals surface area contributed by atoms with Crippen LogP contribution in [0.1, 0.15) is 44.9 Å². The molecule has 0 unspecified atom stereocenters. The highest BCUT2D eigenvalue weighted by atomic mass is 19.1. The van der Waals surface area contributed by atoms with E-state index in [1.54, 1.807) is 62.8 Å². The number of carbonyl (C=O) groups excluding carboxylic acids is 2. The molecule has 0 fully saturated rings. The molecule has 0 saturated carbocycles. The van der Waals surface area contributed by atoms with Crippen molar-refractivity contribution in [1.82, 2.24) is 19.8 Å². The van der Waals surface area contributed by atoms with E-state index in [1.807, 2.05) is 42.5 Å². The van der Waals surface area contributed by atoms with Crippen LogP contribution < -0.4 is 4.74 Å². The minimum absolute atomic E-state index is 0.0430. The Morgan fingerprint density at radius 1 is 0.721 bits per heavy atom. The zero-order valence-electron chi connectivity index (χ0n) is 24.5. The summed E-state index contributed by atoms with van der Waals surface area (Å²) in [6.07, 6.45) is 4.53. The molecule has 2 aromatic heterocycles. The Bertz CT molecular complexity index is 1610. The monoisotopic (exact) mass is 576 g/mol. The number of rotatable bonds is 7. The normalized spacial score (nSPS) is 9.58. The number of hydrogen-bond donors (Lipinski definition) is 0. The summed E-state index contributed by atoms with van der Waals surface area (Å²) >= 11 is 0. The van der Waals surface area contributed by atoms with E-state index in [2.05, 4.69) is 33.6 Å². The number of amides is 2. The number of aromatic nitrogens is 2. The van der Waals surface area contributed by atoms with Crippen LogP contribution in [0, 0.1) is 29.5 Å². The van der Waals surface area contributed by atoms with Gasteiger partial charge in [-0.2, -0.15) is 0 Å². The van der Waals surface area contributed by atoms with Gasteiger partial charge in [-0.05, 0) is 72.5 Å². The molecule has 8 heteroatoms. The van der Waals surface area contributed by atoms with Crippen LogP contribution in [0.25, 0.3) is 0 Å². The SMILES string of the molecule is CN(CCC#Cc1ccccn1)C(=O)c1cccc(F)c1.COc1cccc(C(=O)N(C)CCC#Cc2ccccn2)c1. The van der Waals surface area contributed by atoms with E-state index in [-0.39, 0.29) is 11.8 Å². The van der Waals surface area contributed by atoms with Crippen molar-refractivity contribution in [3.8, 4) is 29.4 Å². The van der Waals surface area contributed by atoms with Crippen molar-refractivity contribution in [3.05, 3.63) is 126 Å². The first-order valence-corrected chi connectivity index (χ1v) is 13.6. The summed E-state index contributed by atoms with van der Waals surface area (Å²) in [6, 6.07) is 23.9. The van der Waals surface area contributed by atoms with Crippen molar-refractivity contribution >= 4 is 11.8 Å². The number of nitrogens with zero attached hydrogens (tertiary/aromatic N) is 4. The molecule has 7 nitrogen and oxygen atoms in total. The molecule has 0 spiro atoms. The van der Waals surface area contributed by atoms with Crippen molar-refractivity contribution in [2.75, 3.05) is 34.3 Å². The molecule has 0 aliphatic heterocycles. The molecule has 43 heavy (non-hydrogen) atoms. The highest BCUT2D eigenvalue weighted by Gasteiger charge is 2.12. The first-order chi connectivity index (χ1) is 20.9. The molecular formula is C35H33FN4O3. The number of methoxy groups -OCH3 is 1. The summed E-state index contributed by atoms with van der Waals surface area (Å²) < 4.78 is 18.2. The maximum Gasteiger partial charge on any atom is 0.253 e. The molecule has 4 rings (SSSR count). The number of benzene rings is 2. The third kappa shape index (κ3) is 11.1. The summed E-state index contributed by atoms with van der Waals surface area (Å²) in [6.45, 7) is 1.05. The summed E-state index contributed by atoms with van der Waals surface area (Å²) in [5.41, 5.74) is 2.40. The molecule has 0 atom stereocenters. The van der Waals surface area contributed by atoms with Gasteiger partial charge in [-0.3, -0.25) is 9.59 Å². The van der Waals surface area contributed by atoms with Crippen LogP contribution in [0.15, 0.2) is 97.3 Å². The Kier molecular flexibility index (Phi) is 12.9. The lowest BCUT2D eigenvalue weighted by Crippen LogP contribution is -2.27. The first-order valence-electron chi connectivity index (χ1n) is 13.6. The number of hydrogen-bond acceptors (Lipinski definition) is 5. The summed E-state index contributed by atoms with van der Waals surface area (Å²) in [4.78, 5) is 35.8. The lowest BCUT2D eigenvalue weighted by molar-refractivity contribution is 0.0790. The van der Waals surface area contributed by atoms with Gasteiger partial charge in [-0.15, -0.1) is 0 Å². The Labute approximate surface area is 252 Å². The van der Waals surface area contributed by atoms with Gasteiger partial charge in [0.05, 0.1) is 7.11 Å². The zero-order valence-corrected chi connectivity index (χ0v) is 24.5. The molecule has 0 aliphatic carbocycles. The van der Waals surface area contributed by atoms with E-state index in [0.717, 1.165) is 5.69 Å². The van der Waals surface area contributed by atoms with E-state index < -0.39 is 5.82 Å². The smallest absolute Gasteiger partial charge is 0.253 e. The molecule has 2 amide bonds.